The van der Waals surface area contributed by atoms with E-state index >= 15 is 0 Å². The minimum Gasteiger partial charge on any atom is -0.492 e. The Morgan fingerprint density at radius 1 is 0.833 bits per heavy atom. The van der Waals surface area contributed by atoms with Gasteiger partial charge in [0.2, 0.25) is 0 Å². The van der Waals surface area contributed by atoms with Crippen molar-refractivity contribution in [3.8, 4) is 22.9 Å². The maximum atomic E-state index is 9.60. The van der Waals surface area contributed by atoms with E-state index in [9.17, 15) is 5.26 Å². The molecule has 0 aromatic heterocycles. The lowest BCUT2D eigenvalue weighted by Gasteiger charge is -2.22. The zero-order valence-electron chi connectivity index (χ0n) is 18.7. The fraction of sp³-hybridized carbons (Fsp3) is 0.536. The van der Waals surface area contributed by atoms with E-state index in [4.69, 9.17) is 4.74 Å². The summed E-state index contributed by atoms with van der Waals surface area (Å²) in [6.45, 7) is 2.94. The van der Waals surface area contributed by atoms with Crippen LogP contribution in [0.4, 0.5) is 0 Å². The number of nitrogens with zero attached hydrogens (tertiary/aromatic N) is 1. The Labute approximate surface area is 183 Å². The molecule has 0 saturated heterocycles. The van der Waals surface area contributed by atoms with Crippen LogP contribution in [-0.4, -0.2) is 6.61 Å². The third kappa shape index (κ3) is 6.63. The molecule has 160 valence electrons. The second-order valence-electron chi connectivity index (χ2n) is 8.75. The molecule has 0 amide bonds. The fourth-order valence-electron chi connectivity index (χ4n) is 4.55. The second-order valence-corrected chi connectivity index (χ2v) is 8.75. The first kappa shape index (κ1) is 22.4. The number of nitriles is 1. The lowest BCUT2D eigenvalue weighted by molar-refractivity contribution is 0.303. The van der Waals surface area contributed by atoms with Gasteiger partial charge in [0.25, 0.3) is 0 Å². The van der Waals surface area contributed by atoms with Gasteiger partial charge in [0.05, 0.1) is 12.2 Å². The summed E-state index contributed by atoms with van der Waals surface area (Å²) >= 11 is 0. The molecule has 0 bridgehead atoms. The fourth-order valence-corrected chi connectivity index (χ4v) is 4.55. The van der Waals surface area contributed by atoms with Gasteiger partial charge >= 0.3 is 0 Å². The van der Waals surface area contributed by atoms with Crippen LogP contribution in [0.2, 0.25) is 0 Å². The van der Waals surface area contributed by atoms with E-state index in [2.05, 4.69) is 43.3 Å². The standard InChI is InChI=1S/C28H37NO/c1-2-3-4-5-6-7-11-20-30-28-19-18-26(21-27(28)22-29)25-16-14-24(15-17-25)23-12-9-8-10-13-23/h14-19,21,23H,2-13,20H2,1H3. The summed E-state index contributed by atoms with van der Waals surface area (Å²) in [5.74, 6) is 1.44. The minimum absolute atomic E-state index is 0.631. The van der Waals surface area contributed by atoms with Crippen molar-refractivity contribution < 1.29 is 4.74 Å². The van der Waals surface area contributed by atoms with E-state index in [1.165, 1.54) is 81.8 Å². The molecular weight excluding hydrogens is 366 g/mol. The van der Waals surface area contributed by atoms with Crippen LogP contribution in [0.5, 0.6) is 5.75 Å². The molecule has 3 rings (SSSR count). The average molecular weight is 404 g/mol. The highest BCUT2D eigenvalue weighted by Gasteiger charge is 2.15. The summed E-state index contributed by atoms with van der Waals surface area (Å²) in [5, 5.41) is 9.60. The highest BCUT2D eigenvalue weighted by Crippen LogP contribution is 2.34. The van der Waals surface area contributed by atoms with E-state index in [1.54, 1.807) is 0 Å². The lowest BCUT2D eigenvalue weighted by Crippen LogP contribution is -2.04. The molecule has 0 unspecified atom stereocenters. The maximum Gasteiger partial charge on any atom is 0.137 e. The molecule has 1 aliphatic carbocycles. The predicted molar refractivity (Wildman–Crippen MR) is 126 cm³/mol. The molecule has 2 aromatic rings. The van der Waals surface area contributed by atoms with Crippen LogP contribution in [-0.2, 0) is 0 Å². The van der Waals surface area contributed by atoms with Gasteiger partial charge in [-0.2, -0.15) is 5.26 Å². The normalized spacial score (nSPS) is 14.4. The number of unbranched alkanes of at least 4 members (excludes halogenated alkanes) is 6. The van der Waals surface area contributed by atoms with Crippen LogP contribution in [0.25, 0.3) is 11.1 Å². The van der Waals surface area contributed by atoms with Crippen molar-refractivity contribution in [1.82, 2.24) is 0 Å². The van der Waals surface area contributed by atoms with Crippen LogP contribution in [0.15, 0.2) is 42.5 Å². The van der Waals surface area contributed by atoms with E-state index in [-0.39, 0.29) is 0 Å². The second kappa shape index (κ2) is 12.4. The Kier molecular flexibility index (Phi) is 9.29. The van der Waals surface area contributed by atoms with Crippen LogP contribution in [0, 0.1) is 11.3 Å². The molecule has 0 radical (unpaired) electrons. The van der Waals surface area contributed by atoms with Crippen LogP contribution >= 0.6 is 0 Å². The van der Waals surface area contributed by atoms with Crippen molar-refractivity contribution >= 4 is 0 Å². The summed E-state index contributed by atoms with van der Waals surface area (Å²) < 4.78 is 5.92. The quantitative estimate of drug-likeness (QED) is 0.353. The van der Waals surface area contributed by atoms with Gasteiger partial charge in [0, 0.05) is 0 Å². The monoisotopic (exact) mass is 403 g/mol. The number of ether oxygens (including phenoxy) is 1. The van der Waals surface area contributed by atoms with Crippen molar-refractivity contribution in [3.63, 3.8) is 0 Å². The molecule has 0 atom stereocenters. The van der Waals surface area contributed by atoms with Crippen LogP contribution in [0.3, 0.4) is 0 Å². The predicted octanol–water partition coefficient (Wildman–Crippen LogP) is 8.40. The number of hydrogen-bond donors (Lipinski definition) is 0. The highest BCUT2D eigenvalue weighted by atomic mass is 16.5. The summed E-state index contributed by atoms with van der Waals surface area (Å²) in [4.78, 5) is 0. The van der Waals surface area contributed by atoms with Gasteiger partial charge in [0.15, 0.2) is 0 Å². The molecule has 1 saturated carbocycles. The van der Waals surface area contributed by atoms with E-state index < -0.39 is 0 Å². The number of benzene rings is 2. The first-order chi connectivity index (χ1) is 14.8. The van der Waals surface area contributed by atoms with Gasteiger partial charge in [-0.1, -0.05) is 95.0 Å². The minimum atomic E-state index is 0.631. The molecule has 0 spiro atoms. The molecule has 0 heterocycles. The third-order valence-electron chi connectivity index (χ3n) is 6.43. The van der Waals surface area contributed by atoms with Crippen molar-refractivity contribution in [2.75, 3.05) is 6.61 Å². The number of hydrogen-bond acceptors (Lipinski definition) is 2. The van der Waals surface area contributed by atoms with Gasteiger partial charge in [-0.3, -0.25) is 0 Å². The Morgan fingerprint density at radius 3 is 2.20 bits per heavy atom. The summed E-state index contributed by atoms with van der Waals surface area (Å²) in [7, 11) is 0. The first-order valence-electron chi connectivity index (χ1n) is 12.1. The van der Waals surface area contributed by atoms with Crippen molar-refractivity contribution in [2.45, 2.75) is 89.9 Å². The molecule has 2 aromatic carbocycles. The summed E-state index contributed by atoms with van der Waals surface area (Å²) in [6.07, 6.45) is 15.6. The van der Waals surface area contributed by atoms with E-state index in [0.29, 0.717) is 17.9 Å². The molecule has 2 nitrogen and oxygen atoms in total. The third-order valence-corrected chi connectivity index (χ3v) is 6.43. The maximum absolute atomic E-state index is 9.60. The molecule has 1 fully saturated rings. The van der Waals surface area contributed by atoms with Gasteiger partial charge in [0.1, 0.15) is 11.8 Å². The van der Waals surface area contributed by atoms with Crippen LogP contribution < -0.4 is 4.74 Å². The average Bonchev–Trinajstić information content (AvgIpc) is 2.81. The highest BCUT2D eigenvalue weighted by molar-refractivity contribution is 5.67. The van der Waals surface area contributed by atoms with E-state index in [0.717, 1.165) is 17.9 Å². The van der Waals surface area contributed by atoms with Crippen LogP contribution in [0.1, 0.15) is 101 Å². The SMILES string of the molecule is CCCCCCCCCOc1ccc(-c2ccc(C3CCCCC3)cc2)cc1C#N. The molecule has 2 heteroatoms. The van der Waals surface area contributed by atoms with Gasteiger partial charge in [-0.15, -0.1) is 0 Å². The molecule has 30 heavy (non-hydrogen) atoms. The Hall–Kier alpha value is -2.27. The Morgan fingerprint density at radius 2 is 1.50 bits per heavy atom. The Bertz CT molecular complexity index is 796. The van der Waals surface area contributed by atoms with Crippen molar-refractivity contribution in [1.29, 1.82) is 5.26 Å². The van der Waals surface area contributed by atoms with Crippen molar-refractivity contribution in [2.24, 2.45) is 0 Å². The zero-order chi connectivity index (χ0) is 21.0. The van der Waals surface area contributed by atoms with E-state index in [1.807, 2.05) is 12.1 Å². The number of rotatable bonds is 11. The smallest absolute Gasteiger partial charge is 0.137 e. The van der Waals surface area contributed by atoms with Gasteiger partial charge < -0.3 is 4.74 Å². The molecule has 0 N–H and O–H groups in total. The Balaban J connectivity index is 1.53. The first-order valence-corrected chi connectivity index (χ1v) is 12.1. The molecule has 1 aliphatic rings. The molecular formula is C28H37NO. The zero-order valence-corrected chi connectivity index (χ0v) is 18.7. The summed E-state index contributed by atoms with van der Waals surface area (Å²) in [5.41, 5.74) is 4.36. The van der Waals surface area contributed by atoms with Gasteiger partial charge in [-0.25, -0.2) is 0 Å². The van der Waals surface area contributed by atoms with Gasteiger partial charge in [-0.05, 0) is 54.0 Å². The van der Waals surface area contributed by atoms with Crippen molar-refractivity contribution in [3.05, 3.63) is 53.6 Å². The topological polar surface area (TPSA) is 33.0 Å². The largest absolute Gasteiger partial charge is 0.492 e. The molecule has 0 aliphatic heterocycles. The lowest BCUT2D eigenvalue weighted by atomic mass is 9.83. The summed E-state index contributed by atoms with van der Waals surface area (Å²) in [6, 6.07) is 17.3.